The number of carbonyl (C=O) groups is 2. The van der Waals surface area contributed by atoms with Crippen molar-refractivity contribution in [2.45, 2.75) is 109 Å². The number of nitrogens with zero attached hydrogens (tertiary/aromatic N) is 6. The highest BCUT2D eigenvalue weighted by Crippen LogP contribution is 2.50. The Balaban J connectivity index is 0.766. The lowest BCUT2D eigenvalue weighted by Gasteiger charge is -2.20. The number of carbonyl (C=O) groups excluding carboxylic acids is 2. The molecule has 77 heavy (non-hydrogen) atoms. The van der Waals surface area contributed by atoms with Crippen LogP contribution in [0.15, 0.2) is 83.8 Å². The van der Waals surface area contributed by atoms with E-state index in [1.165, 1.54) is 7.11 Å². The number of hydrogen-bond donors (Lipinski definition) is 4. The van der Waals surface area contributed by atoms with Crippen LogP contribution in [0, 0.1) is 0 Å². The molecule has 7 rings (SSSR count). The average Bonchev–Trinajstić information content (AvgIpc) is 3.81. The number of aryl methyl sites for hydroxylation is 3. The number of fused-ring (bicyclic) bond motifs is 3. The van der Waals surface area contributed by atoms with Gasteiger partial charge in [0.25, 0.3) is 0 Å². The lowest BCUT2D eigenvalue weighted by molar-refractivity contribution is -0.143. The van der Waals surface area contributed by atoms with Crippen molar-refractivity contribution in [1.29, 1.82) is 0 Å². The van der Waals surface area contributed by atoms with E-state index in [4.69, 9.17) is 33.2 Å². The summed E-state index contributed by atoms with van der Waals surface area (Å²) in [5.41, 5.74) is 5.84. The molecule has 0 radical (unpaired) electrons. The monoisotopic (exact) mass is 1060 g/mol. The maximum Gasteiger partial charge on any atom is 0.305 e. The SMILES string of the molecule is COc1ccc(CNc2nc(NCCOC(=O)CCCc3cn(CCCCCCCCCC(=O)N[C@H]4CCc5cc(OC)c(OC)c(OC)c5-c5ccc(OC)c(=O)cc54)nn3)nc(NCc3ccc(OC)cc3)n2)cc1. The van der Waals surface area contributed by atoms with Gasteiger partial charge in [-0.1, -0.05) is 67.6 Å². The summed E-state index contributed by atoms with van der Waals surface area (Å²) in [5.74, 6) is 4.00. The molecule has 0 saturated carbocycles. The lowest BCUT2D eigenvalue weighted by atomic mass is 9.95. The number of ether oxygens (including phenoxy) is 7. The summed E-state index contributed by atoms with van der Waals surface area (Å²) in [7, 11) is 9.45. The predicted octanol–water partition coefficient (Wildman–Crippen LogP) is 8.67. The third-order valence-corrected chi connectivity index (χ3v) is 13.2. The normalized spacial score (nSPS) is 12.5. The van der Waals surface area contributed by atoms with Gasteiger partial charge in [0.1, 0.15) is 18.1 Å². The quantitative estimate of drug-likeness (QED) is 0.0235. The number of benzene rings is 3. The van der Waals surface area contributed by atoms with Crippen molar-refractivity contribution in [3.63, 3.8) is 0 Å². The van der Waals surface area contributed by atoms with Crippen molar-refractivity contribution in [1.82, 2.24) is 35.3 Å². The first-order chi connectivity index (χ1) is 37.6. The lowest BCUT2D eigenvalue weighted by Crippen LogP contribution is -2.28. The maximum atomic E-state index is 13.4. The van der Waals surface area contributed by atoms with Crippen molar-refractivity contribution in [3.8, 4) is 45.6 Å². The van der Waals surface area contributed by atoms with Gasteiger partial charge in [-0.15, -0.1) is 5.10 Å². The van der Waals surface area contributed by atoms with Crippen molar-refractivity contribution in [2.24, 2.45) is 0 Å². The van der Waals surface area contributed by atoms with Crippen LogP contribution in [0.1, 0.15) is 105 Å². The largest absolute Gasteiger partial charge is 0.497 e. The zero-order valence-corrected chi connectivity index (χ0v) is 45.1. The van der Waals surface area contributed by atoms with Crippen molar-refractivity contribution in [3.05, 3.63) is 117 Å². The molecule has 0 saturated heterocycles. The van der Waals surface area contributed by atoms with Gasteiger partial charge in [-0.05, 0) is 109 Å². The first-order valence-corrected chi connectivity index (χ1v) is 26.2. The van der Waals surface area contributed by atoms with Crippen LogP contribution in [0.4, 0.5) is 17.8 Å². The molecule has 2 aromatic heterocycles. The molecular formula is C57H72N10O10. The predicted molar refractivity (Wildman–Crippen MR) is 293 cm³/mol. The van der Waals surface area contributed by atoms with Crippen molar-refractivity contribution >= 4 is 29.7 Å². The van der Waals surface area contributed by atoms with Gasteiger partial charge in [-0.25, -0.2) is 0 Å². The van der Waals surface area contributed by atoms with E-state index in [9.17, 15) is 14.4 Å². The van der Waals surface area contributed by atoms with E-state index in [1.807, 2.05) is 71.5 Å². The second-order valence-electron chi connectivity index (χ2n) is 18.5. The van der Waals surface area contributed by atoms with Gasteiger partial charge < -0.3 is 54.4 Å². The minimum atomic E-state index is -0.399. The molecule has 0 spiro atoms. The molecule has 410 valence electrons. The van der Waals surface area contributed by atoms with E-state index >= 15 is 0 Å². The third kappa shape index (κ3) is 16.4. The third-order valence-electron chi connectivity index (χ3n) is 13.2. The smallest absolute Gasteiger partial charge is 0.305 e. The summed E-state index contributed by atoms with van der Waals surface area (Å²) in [6, 6.07) is 22.1. The number of anilines is 3. The van der Waals surface area contributed by atoms with Crippen LogP contribution in [0.2, 0.25) is 0 Å². The number of nitrogens with one attached hydrogen (secondary N) is 4. The van der Waals surface area contributed by atoms with Crippen LogP contribution >= 0.6 is 0 Å². The molecule has 4 N–H and O–H groups in total. The molecule has 1 aliphatic rings. The summed E-state index contributed by atoms with van der Waals surface area (Å²) in [6.07, 6.45) is 12.0. The summed E-state index contributed by atoms with van der Waals surface area (Å²) in [6.45, 7) is 2.19. The van der Waals surface area contributed by atoms with E-state index in [0.29, 0.717) is 92.4 Å². The Morgan fingerprint density at radius 1 is 0.636 bits per heavy atom. The van der Waals surface area contributed by atoms with Gasteiger partial charge in [-0.2, -0.15) is 15.0 Å². The molecular weight excluding hydrogens is 985 g/mol. The Labute approximate surface area is 450 Å². The fourth-order valence-electron chi connectivity index (χ4n) is 9.16. The number of amides is 1. The van der Waals surface area contributed by atoms with Crippen LogP contribution in [0.25, 0.3) is 11.1 Å². The van der Waals surface area contributed by atoms with Gasteiger partial charge in [0.15, 0.2) is 17.2 Å². The molecule has 1 atom stereocenters. The molecule has 20 nitrogen and oxygen atoms in total. The van der Waals surface area contributed by atoms with Crippen LogP contribution in [0.3, 0.4) is 0 Å². The fraction of sp³-hybridized carbons (Fsp3) is 0.439. The molecule has 2 heterocycles. The summed E-state index contributed by atoms with van der Waals surface area (Å²) in [5, 5.41) is 21.5. The zero-order chi connectivity index (χ0) is 54.4. The highest BCUT2D eigenvalue weighted by molar-refractivity contribution is 5.84. The van der Waals surface area contributed by atoms with Crippen LogP contribution < -0.4 is 55.1 Å². The van der Waals surface area contributed by atoms with Crippen molar-refractivity contribution < 1.29 is 42.7 Å². The minimum Gasteiger partial charge on any atom is -0.497 e. The topological polar surface area (TPSA) is 233 Å². The molecule has 1 aliphatic carbocycles. The Morgan fingerprint density at radius 3 is 1.86 bits per heavy atom. The summed E-state index contributed by atoms with van der Waals surface area (Å²) < 4.78 is 40.5. The van der Waals surface area contributed by atoms with E-state index in [1.54, 1.807) is 47.7 Å². The number of aromatic nitrogens is 6. The molecule has 1 amide bonds. The Bertz CT molecular complexity index is 2850. The van der Waals surface area contributed by atoms with Gasteiger partial charge in [0, 0.05) is 44.2 Å². The Morgan fingerprint density at radius 2 is 1.25 bits per heavy atom. The first kappa shape index (κ1) is 56.6. The molecule has 6 aromatic rings. The molecule has 0 aliphatic heterocycles. The molecule has 0 fully saturated rings. The highest BCUT2D eigenvalue weighted by atomic mass is 16.5. The number of esters is 1. The highest BCUT2D eigenvalue weighted by Gasteiger charge is 2.30. The zero-order valence-electron chi connectivity index (χ0n) is 45.1. The Hall–Kier alpha value is -8.16. The van der Waals surface area contributed by atoms with E-state index in [2.05, 4.69) is 46.5 Å². The van der Waals surface area contributed by atoms with Crippen LogP contribution in [-0.4, -0.2) is 97.6 Å². The van der Waals surface area contributed by atoms with E-state index < -0.39 is 6.04 Å². The Kier molecular flexibility index (Phi) is 21.5. The van der Waals surface area contributed by atoms with Gasteiger partial charge in [-0.3, -0.25) is 19.1 Å². The number of unbranched alkanes of at least 4 members (excludes halogenated alkanes) is 6. The maximum absolute atomic E-state index is 13.4. The number of methoxy groups -OCH3 is 6. The minimum absolute atomic E-state index is 0.0520. The summed E-state index contributed by atoms with van der Waals surface area (Å²) in [4.78, 5) is 52.9. The standard InChI is InChI=1S/C57H72N10O10/c1-71-42-23-18-38(19-24-42)35-59-56-62-55(63-57(64-56)60-36-39-20-25-43(72-2)26-21-39)58-30-32-77-51(70)17-14-15-41-37-67(66-65-41)31-13-11-9-7-8-10-12-16-50(69)61-46-28-22-40-33-49(74-4)53(75-5)54(76-6)52(40)44-27-29-48(73-3)47(68)34-45(44)46/h18-21,23-27,29,33-34,37,46H,7-17,22,28,30-32,35-36H2,1-6H3,(H,61,69)(H3,58,59,60,62,63,64)/t46-/m0/s1. The second kappa shape index (κ2) is 29.2. The summed E-state index contributed by atoms with van der Waals surface area (Å²) >= 11 is 0. The molecule has 20 heteroatoms. The van der Waals surface area contributed by atoms with Gasteiger partial charge in [0.05, 0.1) is 60.9 Å². The molecule has 0 unspecified atom stereocenters. The molecule has 0 bridgehead atoms. The van der Waals surface area contributed by atoms with Crippen LogP contribution in [-0.2, 0) is 46.8 Å². The van der Waals surface area contributed by atoms with Crippen molar-refractivity contribution in [2.75, 3.05) is 71.8 Å². The van der Waals surface area contributed by atoms with Gasteiger partial charge in [0.2, 0.25) is 34.9 Å². The average molecular weight is 1060 g/mol. The van der Waals surface area contributed by atoms with Gasteiger partial charge >= 0.3 is 5.97 Å². The fourth-order valence-corrected chi connectivity index (χ4v) is 9.16. The number of rotatable bonds is 31. The number of hydrogen-bond acceptors (Lipinski definition) is 18. The molecule has 4 aromatic carbocycles. The van der Waals surface area contributed by atoms with Crippen LogP contribution in [0.5, 0.6) is 34.5 Å². The van der Waals surface area contributed by atoms with E-state index in [0.717, 1.165) is 96.5 Å². The first-order valence-electron chi connectivity index (χ1n) is 26.2. The second-order valence-corrected chi connectivity index (χ2v) is 18.5. The van der Waals surface area contributed by atoms with E-state index in [-0.39, 0.29) is 36.1 Å².